The molecule has 2 aromatic rings. The number of ether oxygens (including phenoxy) is 2. The number of halogens is 1. The number of carbonyl (C=O) groups is 1. The molecule has 7 heteroatoms. The monoisotopic (exact) mass is 432 g/mol. The highest BCUT2D eigenvalue weighted by Crippen LogP contribution is 2.26. The average Bonchev–Trinajstić information content (AvgIpc) is 2.73. The van der Waals surface area contributed by atoms with Gasteiger partial charge in [0.05, 0.1) is 11.4 Å². The fourth-order valence-electron chi connectivity index (χ4n) is 2.72. The lowest BCUT2D eigenvalue weighted by Crippen LogP contribution is -2.40. The smallest absolute Gasteiger partial charge is 0.307 e. The molecule has 0 bridgehead atoms. The molecular formula is C23H29ClN2O4. The van der Waals surface area contributed by atoms with E-state index < -0.39 is 5.97 Å². The second-order valence-corrected chi connectivity index (χ2v) is 7.33. The normalized spacial score (nSPS) is 13.7. The predicted molar refractivity (Wildman–Crippen MR) is 120 cm³/mol. The summed E-state index contributed by atoms with van der Waals surface area (Å²) in [6, 6.07) is 12.5. The quantitative estimate of drug-likeness (QED) is 0.621. The lowest BCUT2D eigenvalue weighted by atomic mass is 10.1. The third-order valence-electron chi connectivity index (χ3n) is 4.38. The minimum absolute atomic E-state index is 0.0633. The van der Waals surface area contributed by atoms with E-state index in [1.165, 1.54) is 13.1 Å². The van der Waals surface area contributed by atoms with Crippen LogP contribution < -0.4 is 14.8 Å². The zero-order valence-electron chi connectivity index (χ0n) is 17.3. The molecule has 1 saturated heterocycles. The Hall–Kier alpha value is -2.54. The fraction of sp³-hybridized carbons (Fsp3) is 0.348. The summed E-state index contributed by atoms with van der Waals surface area (Å²) in [5, 5.41) is 12.4. The summed E-state index contributed by atoms with van der Waals surface area (Å²) in [5.41, 5.74) is 1.61. The van der Waals surface area contributed by atoms with Crippen LogP contribution in [0.3, 0.4) is 0 Å². The number of aliphatic carboxylic acids is 1. The topological polar surface area (TPSA) is 71.0 Å². The van der Waals surface area contributed by atoms with Crippen molar-refractivity contribution in [3.05, 3.63) is 71.3 Å². The molecule has 0 atom stereocenters. The molecule has 1 fully saturated rings. The third kappa shape index (κ3) is 8.86. The molecule has 0 radical (unpaired) electrons. The van der Waals surface area contributed by atoms with Crippen LogP contribution in [0.1, 0.15) is 11.1 Å². The van der Waals surface area contributed by atoms with Gasteiger partial charge in [-0.15, -0.1) is 0 Å². The van der Waals surface area contributed by atoms with Gasteiger partial charge in [0.2, 0.25) is 0 Å². The highest BCUT2D eigenvalue weighted by Gasteiger charge is 2.07. The van der Waals surface area contributed by atoms with Crippen LogP contribution in [0.15, 0.2) is 55.1 Å². The van der Waals surface area contributed by atoms with Crippen molar-refractivity contribution in [2.24, 2.45) is 0 Å². The van der Waals surface area contributed by atoms with Gasteiger partial charge in [0.1, 0.15) is 24.7 Å². The Labute approximate surface area is 183 Å². The first kappa shape index (κ1) is 23.7. The van der Waals surface area contributed by atoms with Gasteiger partial charge in [-0.05, 0) is 42.4 Å². The summed E-state index contributed by atoms with van der Waals surface area (Å²) < 4.78 is 11.1. The Kier molecular flexibility index (Phi) is 10.2. The molecule has 2 aromatic carbocycles. The SMILES string of the molecule is C=CCOc1ccc(COc2ccc(CC(=O)O)cc2Cl)cc1.CN1CCNCC1. The Morgan fingerprint density at radius 1 is 1.17 bits per heavy atom. The number of benzene rings is 2. The van der Waals surface area contributed by atoms with Gasteiger partial charge in [-0.3, -0.25) is 4.79 Å². The Balaban J connectivity index is 0.000000386. The first-order valence-corrected chi connectivity index (χ1v) is 10.2. The highest BCUT2D eigenvalue weighted by molar-refractivity contribution is 6.32. The van der Waals surface area contributed by atoms with E-state index in [1.807, 2.05) is 24.3 Å². The Bertz CT molecular complexity index is 805. The minimum atomic E-state index is -0.895. The summed E-state index contributed by atoms with van der Waals surface area (Å²) in [5.74, 6) is 0.394. The molecule has 0 spiro atoms. The van der Waals surface area contributed by atoms with Crippen LogP contribution in [0.4, 0.5) is 0 Å². The van der Waals surface area contributed by atoms with Crippen LogP contribution in [0, 0.1) is 0 Å². The van der Waals surface area contributed by atoms with Crippen molar-refractivity contribution in [3.8, 4) is 11.5 Å². The number of carboxylic acid groups (broad SMARTS) is 1. The van der Waals surface area contributed by atoms with Gasteiger partial charge in [0, 0.05) is 26.2 Å². The third-order valence-corrected chi connectivity index (χ3v) is 4.67. The van der Waals surface area contributed by atoms with Gasteiger partial charge >= 0.3 is 5.97 Å². The van der Waals surface area contributed by atoms with E-state index in [1.54, 1.807) is 24.3 Å². The van der Waals surface area contributed by atoms with E-state index in [2.05, 4.69) is 23.8 Å². The summed E-state index contributed by atoms with van der Waals surface area (Å²) >= 11 is 6.11. The van der Waals surface area contributed by atoms with E-state index in [4.69, 9.17) is 26.2 Å². The molecule has 0 aliphatic carbocycles. The lowest BCUT2D eigenvalue weighted by Gasteiger charge is -2.21. The molecule has 0 aromatic heterocycles. The van der Waals surface area contributed by atoms with Crippen molar-refractivity contribution in [1.82, 2.24) is 10.2 Å². The van der Waals surface area contributed by atoms with Crippen molar-refractivity contribution in [1.29, 1.82) is 0 Å². The molecular weight excluding hydrogens is 404 g/mol. The molecule has 1 aliphatic rings. The summed E-state index contributed by atoms with van der Waals surface area (Å²) in [7, 11) is 2.15. The first-order valence-electron chi connectivity index (χ1n) is 9.83. The van der Waals surface area contributed by atoms with E-state index >= 15 is 0 Å². The van der Waals surface area contributed by atoms with Gasteiger partial charge < -0.3 is 24.8 Å². The number of piperazine rings is 1. The fourth-order valence-corrected chi connectivity index (χ4v) is 2.98. The van der Waals surface area contributed by atoms with Crippen LogP contribution in [0.25, 0.3) is 0 Å². The Morgan fingerprint density at radius 3 is 2.37 bits per heavy atom. The van der Waals surface area contributed by atoms with Gasteiger partial charge in [0.15, 0.2) is 0 Å². The lowest BCUT2D eigenvalue weighted by molar-refractivity contribution is -0.136. The van der Waals surface area contributed by atoms with Crippen molar-refractivity contribution in [2.45, 2.75) is 13.0 Å². The van der Waals surface area contributed by atoms with Crippen molar-refractivity contribution in [2.75, 3.05) is 39.8 Å². The molecule has 0 unspecified atom stereocenters. The number of nitrogens with one attached hydrogen (secondary N) is 1. The molecule has 1 heterocycles. The van der Waals surface area contributed by atoms with Crippen molar-refractivity contribution in [3.63, 3.8) is 0 Å². The van der Waals surface area contributed by atoms with Crippen LogP contribution >= 0.6 is 11.6 Å². The molecule has 0 amide bonds. The molecule has 2 N–H and O–H groups in total. The van der Waals surface area contributed by atoms with E-state index in [0.29, 0.717) is 29.5 Å². The maximum atomic E-state index is 10.7. The molecule has 30 heavy (non-hydrogen) atoms. The van der Waals surface area contributed by atoms with E-state index in [0.717, 1.165) is 24.4 Å². The summed E-state index contributed by atoms with van der Waals surface area (Å²) in [4.78, 5) is 13.0. The Morgan fingerprint density at radius 2 is 1.83 bits per heavy atom. The number of carboxylic acids is 1. The largest absolute Gasteiger partial charge is 0.490 e. The number of hydrogen-bond acceptors (Lipinski definition) is 5. The summed E-state index contributed by atoms with van der Waals surface area (Å²) in [6.45, 7) is 9.17. The van der Waals surface area contributed by atoms with Crippen LogP contribution in [-0.4, -0.2) is 55.8 Å². The van der Waals surface area contributed by atoms with E-state index in [9.17, 15) is 4.79 Å². The molecule has 162 valence electrons. The zero-order valence-corrected chi connectivity index (χ0v) is 18.0. The second kappa shape index (κ2) is 12.9. The molecule has 0 saturated carbocycles. The number of nitrogens with zero attached hydrogens (tertiary/aromatic N) is 1. The standard InChI is InChI=1S/C18H17ClO4.C5H12N2/c1-2-9-22-15-6-3-13(4-7-15)12-23-17-8-5-14(10-16(17)19)11-18(20)21;1-7-4-2-6-3-5-7/h2-8,10H,1,9,11-12H2,(H,20,21);6H,2-5H2,1H3. The molecule has 1 aliphatic heterocycles. The second-order valence-electron chi connectivity index (χ2n) is 6.92. The minimum Gasteiger partial charge on any atom is -0.490 e. The number of rotatable bonds is 8. The van der Waals surface area contributed by atoms with E-state index in [-0.39, 0.29) is 6.42 Å². The van der Waals surface area contributed by atoms with Crippen molar-refractivity contribution >= 4 is 17.6 Å². The van der Waals surface area contributed by atoms with Gasteiger partial charge in [-0.1, -0.05) is 42.5 Å². The van der Waals surface area contributed by atoms with Crippen LogP contribution in [0.5, 0.6) is 11.5 Å². The molecule has 3 rings (SSSR count). The maximum absolute atomic E-state index is 10.7. The van der Waals surface area contributed by atoms with Crippen LogP contribution in [0.2, 0.25) is 5.02 Å². The van der Waals surface area contributed by atoms with Gasteiger partial charge in [-0.25, -0.2) is 0 Å². The maximum Gasteiger partial charge on any atom is 0.307 e. The summed E-state index contributed by atoms with van der Waals surface area (Å²) in [6.07, 6.45) is 1.62. The number of likely N-dealkylation sites (N-methyl/N-ethyl adjacent to an activating group) is 1. The molecule has 6 nitrogen and oxygen atoms in total. The first-order chi connectivity index (χ1) is 14.5. The van der Waals surface area contributed by atoms with Crippen LogP contribution in [-0.2, 0) is 17.8 Å². The van der Waals surface area contributed by atoms with Crippen molar-refractivity contribution < 1.29 is 19.4 Å². The number of hydrogen-bond donors (Lipinski definition) is 2. The highest BCUT2D eigenvalue weighted by atomic mass is 35.5. The average molecular weight is 433 g/mol. The van der Waals surface area contributed by atoms with Gasteiger partial charge in [0.25, 0.3) is 0 Å². The van der Waals surface area contributed by atoms with Gasteiger partial charge in [-0.2, -0.15) is 0 Å². The predicted octanol–water partition coefficient (Wildman–Crippen LogP) is 3.63. The zero-order chi connectivity index (χ0) is 21.8.